The number of nitrogens with zero attached hydrogens (tertiary/aromatic N) is 2. The van der Waals surface area contributed by atoms with Crippen molar-refractivity contribution in [2.24, 2.45) is 0 Å². The van der Waals surface area contributed by atoms with E-state index in [-0.39, 0.29) is 11.5 Å². The third-order valence-corrected chi connectivity index (χ3v) is 4.89. The van der Waals surface area contributed by atoms with Crippen LogP contribution >= 0.6 is 0 Å². The van der Waals surface area contributed by atoms with Crippen LogP contribution in [0.1, 0.15) is 35.1 Å². The van der Waals surface area contributed by atoms with Gasteiger partial charge in [0.25, 0.3) is 5.91 Å². The number of para-hydroxylation sites is 1. The predicted octanol–water partition coefficient (Wildman–Crippen LogP) is 3.68. The molecule has 1 amide bonds. The highest BCUT2D eigenvalue weighted by molar-refractivity contribution is 5.97. The third kappa shape index (κ3) is 3.89. The monoisotopic (exact) mass is 393 g/mol. The summed E-state index contributed by atoms with van der Waals surface area (Å²) in [5, 5.41) is 7.13. The molecule has 1 N–H and O–H groups in total. The molecule has 0 radical (unpaired) electrons. The normalized spacial score (nSPS) is 13.6. The van der Waals surface area contributed by atoms with Crippen molar-refractivity contribution in [1.82, 2.24) is 9.78 Å². The maximum atomic E-state index is 13.2. The maximum absolute atomic E-state index is 13.2. The lowest BCUT2D eigenvalue weighted by atomic mass is 10.2. The Morgan fingerprint density at radius 2 is 1.83 bits per heavy atom. The van der Waals surface area contributed by atoms with E-state index in [2.05, 4.69) is 10.4 Å². The van der Waals surface area contributed by atoms with Crippen LogP contribution in [0.5, 0.6) is 0 Å². The second-order valence-corrected chi connectivity index (χ2v) is 6.92. The summed E-state index contributed by atoms with van der Waals surface area (Å²) in [4.78, 5) is 25.1. The number of aromatic nitrogens is 2. The van der Waals surface area contributed by atoms with Crippen LogP contribution in [-0.2, 0) is 22.4 Å². The zero-order chi connectivity index (χ0) is 20.4. The molecule has 1 aliphatic carbocycles. The van der Waals surface area contributed by atoms with Crippen molar-refractivity contribution in [2.75, 3.05) is 5.32 Å². The Morgan fingerprint density at radius 3 is 2.55 bits per heavy atom. The van der Waals surface area contributed by atoms with E-state index in [1.54, 1.807) is 41.1 Å². The number of ether oxygens (including phenoxy) is 1. The van der Waals surface area contributed by atoms with E-state index < -0.39 is 18.0 Å². The van der Waals surface area contributed by atoms with Gasteiger partial charge in [-0.05, 0) is 62.6 Å². The summed E-state index contributed by atoms with van der Waals surface area (Å²) in [5.41, 5.74) is 3.27. The Labute approximate surface area is 167 Å². The minimum Gasteiger partial charge on any atom is -0.448 e. The number of nitrogens with one attached hydrogen (secondary N) is 1. The minimum absolute atomic E-state index is 0.209. The Balaban J connectivity index is 1.52. The largest absolute Gasteiger partial charge is 0.448 e. The van der Waals surface area contributed by atoms with Crippen LogP contribution in [0, 0.1) is 5.82 Å². The maximum Gasteiger partial charge on any atom is 0.359 e. The average molecular weight is 393 g/mol. The highest BCUT2D eigenvalue weighted by Gasteiger charge is 2.29. The number of fused-ring (bicyclic) bond motifs is 1. The average Bonchev–Trinajstić information content (AvgIpc) is 3.32. The lowest BCUT2D eigenvalue weighted by molar-refractivity contribution is -0.123. The van der Waals surface area contributed by atoms with Gasteiger partial charge in [-0.2, -0.15) is 5.10 Å². The van der Waals surface area contributed by atoms with Crippen molar-refractivity contribution >= 4 is 17.6 Å². The van der Waals surface area contributed by atoms with Gasteiger partial charge in [0.15, 0.2) is 11.8 Å². The van der Waals surface area contributed by atoms with E-state index in [1.807, 2.05) is 6.07 Å². The summed E-state index contributed by atoms with van der Waals surface area (Å²) in [6.07, 6.45) is 1.41. The second-order valence-electron chi connectivity index (χ2n) is 6.92. The number of benzene rings is 2. The molecule has 0 spiro atoms. The van der Waals surface area contributed by atoms with Gasteiger partial charge in [0.05, 0.1) is 5.69 Å². The van der Waals surface area contributed by atoms with E-state index >= 15 is 0 Å². The first-order valence-corrected chi connectivity index (χ1v) is 9.46. The SMILES string of the molecule is CC(OC(=O)c1nn(-c2ccc(F)cc2)c2c1CCC2)C(=O)Nc1ccccc1. The lowest BCUT2D eigenvalue weighted by Gasteiger charge is -2.13. The number of hydrogen-bond acceptors (Lipinski definition) is 4. The number of esters is 1. The summed E-state index contributed by atoms with van der Waals surface area (Å²) in [7, 11) is 0. The zero-order valence-electron chi connectivity index (χ0n) is 15.9. The summed E-state index contributed by atoms with van der Waals surface area (Å²) in [6, 6.07) is 14.9. The molecule has 148 valence electrons. The van der Waals surface area contributed by atoms with Gasteiger partial charge in [0.1, 0.15) is 5.82 Å². The zero-order valence-corrected chi connectivity index (χ0v) is 15.9. The van der Waals surface area contributed by atoms with Crippen LogP contribution in [0.25, 0.3) is 5.69 Å². The Hall–Kier alpha value is -3.48. The highest BCUT2D eigenvalue weighted by atomic mass is 19.1. The Morgan fingerprint density at radius 1 is 1.10 bits per heavy atom. The van der Waals surface area contributed by atoms with E-state index in [1.165, 1.54) is 19.1 Å². The Kier molecular flexibility index (Phi) is 5.12. The van der Waals surface area contributed by atoms with Gasteiger partial charge in [-0.1, -0.05) is 18.2 Å². The molecule has 6 nitrogen and oxygen atoms in total. The third-order valence-electron chi connectivity index (χ3n) is 4.89. The summed E-state index contributed by atoms with van der Waals surface area (Å²) in [6.45, 7) is 1.52. The molecule has 0 fully saturated rings. The van der Waals surface area contributed by atoms with Gasteiger partial charge < -0.3 is 10.1 Å². The van der Waals surface area contributed by atoms with Crippen molar-refractivity contribution in [2.45, 2.75) is 32.3 Å². The number of halogens is 1. The number of carbonyl (C=O) groups excluding carboxylic acids is 2. The fourth-order valence-electron chi connectivity index (χ4n) is 3.43. The number of hydrogen-bond donors (Lipinski definition) is 1. The molecule has 4 rings (SSSR count). The molecule has 0 aliphatic heterocycles. The first-order chi connectivity index (χ1) is 14.0. The molecule has 1 atom stereocenters. The lowest BCUT2D eigenvalue weighted by Crippen LogP contribution is -2.30. The van der Waals surface area contributed by atoms with Crippen LogP contribution in [0.2, 0.25) is 0 Å². The van der Waals surface area contributed by atoms with Crippen molar-refractivity contribution in [1.29, 1.82) is 0 Å². The summed E-state index contributed by atoms with van der Waals surface area (Å²) >= 11 is 0. The summed E-state index contributed by atoms with van der Waals surface area (Å²) in [5.74, 6) is -1.39. The van der Waals surface area contributed by atoms with Crippen LogP contribution in [-0.4, -0.2) is 27.8 Å². The Bertz CT molecular complexity index is 1050. The molecule has 1 heterocycles. The molecular formula is C22H20FN3O3. The first kappa shape index (κ1) is 18.9. The van der Waals surface area contributed by atoms with Gasteiger partial charge in [-0.3, -0.25) is 4.79 Å². The van der Waals surface area contributed by atoms with Gasteiger partial charge in [-0.15, -0.1) is 0 Å². The number of rotatable bonds is 5. The van der Waals surface area contributed by atoms with Crippen LogP contribution < -0.4 is 5.32 Å². The second kappa shape index (κ2) is 7.87. The first-order valence-electron chi connectivity index (χ1n) is 9.46. The molecule has 0 saturated heterocycles. The molecule has 0 bridgehead atoms. The van der Waals surface area contributed by atoms with E-state index in [4.69, 9.17) is 4.74 Å². The molecule has 0 saturated carbocycles. The molecule has 7 heteroatoms. The fraction of sp³-hybridized carbons (Fsp3) is 0.227. The van der Waals surface area contributed by atoms with Crippen LogP contribution in [0.4, 0.5) is 10.1 Å². The van der Waals surface area contributed by atoms with Crippen molar-refractivity contribution < 1.29 is 18.7 Å². The smallest absolute Gasteiger partial charge is 0.359 e. The molecular weight excluding hydrogens is 373 g/mol. The standard InChI is InChI=1S/C22H20FN3O3/c1-14(21(27)24-16-6-3-2-4-7-16)29-22(28)20-18-8-5-9-19(18)26(25-20)17-12-10-15(23)11-13-17/h2-4,6-7,10-14H,5,8-9H2,1H3,(H,24,27). The van der Waals surface area contributed by atoms with E-state index in [9.17, 15) is 14.0 Å². The van der Waals surface area contributed by atoms with Gasteiger partial charge in [-0.25, -0.2) is 13.9 Å². The van der Waals surface area contributed by atoms with Crippen LogP contribution in [0.15, 0.2) is 54.6 Å². The van der Waals surface area contributed by atoms with E-state index in [0.29, 0.717) is 17.8 Å². The predicted molar refractivity (Wildman–Crippen MR) is 105 cm³/mol. The van der Waals surface area contributed by atoms with Gasteiger partial charge >= 0.3 is 5.97 Å². The van der Waals surface area contributed by atoms with Crippen molar-refractivity contribution in [3.8, 4) is 5.69 Å². The minimum atomic E-state index is -0.976. The van der Waals surface area contributed by atoms with Crippen LogP contribution in [0.3, 0.4) is 0 Å². The molecule has 1 aliphatic rings. The number of carbonyl (C=O) groups is 2. The van der Waals surface area contributed by atoms with Gasteiger partial charge in [0, 0.05) is 16.9 Å². The van der Waals surface area contributed by atoms with Crippen molar-refractivity contribution in [3.05, 3.63) is 77.4 Å². The summed E-state index contributed by atoms with van der Waals surface area (Å²) < 4.78 is 20.3. The number of amides is 1. The molecule has 1 unspecified atom stereocenters. The molecule has 29 heavy (non-hydrogen) atoms. The molecule has 2 aromatic carbocycles. The highest BCUT2D eigenvalue weighted by Crippen LogP contribution is 2.28. The van der Waals surface area contributed by atoms with Gasteiger partial charge in [0.2, 0.25) is 0 Å². The quantitative estimate of drug-likeness (QED) is 0.671. The fourth-order valence-corrected chi connectivity index (χ4v) is 3.43. The molecule has 3 aromatic rings. The molecule has 1 aromatic heterocycles. The van der Waals surface area contributed by atoms with E-state index in [0.717, 1.165) is 24.1 Å². The van der Waals surface area contributed by atoms with Crippen molar-refractivity contribution in [3.63, 3.8) is 0 Å². The topological polar surface area (TPSA) is 73.2 Å². The number of anilines is 1.